The first-order valence-electron chi connectivity index (χ1n) is 10.9. The minimum absolute atomic E-state index is 0.374. The Balaban J connectivity index is 1.27. The van der Waals surface area contributed by atoms with Gasteiger partial charge in [-0.15, -0.1) is 0 Å². The number of nitrogens with zero attached hydrogens (tertiary/aromatic N) is 2. The van der Waals surface area contributed by atoms with Gasteiger partial charge in [-0.05, 0) is 49.8 Å². The lowest BCUT2D eigenvalue weighted by molar-refractivity contribution is -0.0320. The van der Waals surface area contributed by atoms with Gasteiger partial charge in [-0.1, -0.05) is 23.7 Å². The highest BCUT2D eigenvalue weighted by molar-refractivity contribution is 6.30. The fourth-order valence-corrected chi connectivity index (χ4v) is 3.97. The van der Waals surface area contributed by atoms with Crippen LogP contribution in [0.3, 0.4) is 0 Å². The number of likely N-dealkylation sites (tertiary alicyclic amines) is 1. The minimum atomic E-state index is 0.374. The minimum Gasteiger partial charge on any atom is -0.381 e. The Bertz CT molecular complexity index is 612. The Morgan fingerprint density at radius 2 is 1.90 bits per heavy atom. The predicted octanol–water partition coefficient (Wildman–Crippen LogP) is 3.06. The van der Waals surface area contributed by atoms with Gasteiger partial charge in [0.25, 0.3) is 0 Å². The maximum absolute atomic E-state index is 5.97. The van der Waals surface area contributed by atoms with Crippen LogP contribution in [-0.4, -0.2) is 69.5 Å². The molecule has 1 aromatic rings. The predicted molar refractivity (Wildman–Crippen MR) is 119 cm³/mol. The summed E-state index contributed by atoms with van der Waals surface area (Å²) in [6, 6.07) is 8.64. The quantitative estimate of drug-likeness (QED) is 0.383. The molecule has 0 amide bonds. The Morgan fingerprint density at radius 3 is 2.59 bits per heavy atom. The van der Waals surface area contributed by atoms with Crippen LogP contribution in [0.4, 0.5) is 0 Å². The van der Waals surface area contributed by atoms with Gasteiger partial charge in [-0.2, -0.15) is 0 Å². The van der Waals surface area contributed by atoms with Crippen molar-refractivity contribution in [3.05, 3.63) is 34.9 Å². The van der Waals surface area contributed by atoms with E-state index in [-0.39, 0.29) is 0 Å². The molecule has 2 saturated heterocycles. The number of aliphatic imine (C=N–C) groups is 1. The lowest BCUT2D eigenvalue weighted by Gasteiger charge is -2.33. The van der Waals surface area contributed by atoms with Crippen LogP contribution in [-0.2, 0) is 16.0 Å². The van der Waals surface area contributed by atoms with Gasteiger partial charge >= 0.3 is 0 Å². The van der Waals surface area contributed by atoms with Crippen molar-refractivity contribution in [3.63, 3.8) is 0 Å². The number of nitrogens with one attached hydrogen (secondary N) is 2. The standard InChI is InChI=1S/C22H35ClN4O2/c1-24-22(25-11-2-14-29-21-9-15-28-16-10-21)26-20-7-12-27(13-8-20)17-18-3-5-19(23)6-4-18/h3-6,20-21H,2,7-17H2,1H3,(H2,24,25,26). The summed E-state index contributed by atoms with van der Waals surface area (Å²) in [5, 5.41) is 7.79. The van der Waals surface area contributed by atoms with Gasteiger partial charge in [-0.3, -0.25) is 9.89 Å². The number of piperidine rings is 1. The molecule has 2 N–H and O–H groups in total. The molecule has 2 fully saturated rings. The first kappa shape index (κ1) is 22.3. The zero-order valence-corrected chi connectivity index (χ0v) is 18.3. The summed E-state index contributed by atoms with van der Waals surface area (Å²) >= 11 is 5.97. The van der Waals surface area contributed by atoms with Crippen LogP contribution in [0.1, 0.15) is 37.7 Å². The molecule has 29 heavy (non-hydrogen) atoms. The van der Waals surface area contributed by atoms with Crippen LogP contribution in [0.2, 0.25) is 5.02 Å². The molecule has 0 radical (unpaired) electrons. The van der Waals surface area contributed by atoms with Crippen molar-refractivity contribution in [1.82, 2.24) is 15.5 Å². The van der Waals surface area contributed by atoms with Crippen molar-refractivity contribution >= 4 is 17.6 Å². The van der Waals surface area contributed by atoms with E-state index in [9.17, 15) is 0 Å². The van der Waals surface area contributed by atoms with Crippen molar-refractivity contribution < 1.29 is 9.47 Å². The number of hydrogen-bond acceptors (Lipinski definition) is 4. The largest absolute Gasteiger partial charge is 0.381 e. The number of halogens is 1. The molecule has 2 aliphatic rings. The van der Waals surface area contributed by atoms with Crippen molar-refractivity contribution in [2.75, 3.05) is 46.5 Å². The molecule has 162 valence electrons. The first-order chi connectivity index (χ1) is 14.2. The van der Waals surface area contributed by atoms with Crippen LogP contribution in [0, 0.1) is 0 Å². The topological polar surface area (TPSA) is 58.1 Å². The van der Waals surface area contributed by atoms with Crippen molar-refractivity contribution in [2.24, 2.45) is 4.99 Å². The third-order valence-electron chi connectivity index (χ3n) is 5.61. The maximum atomic E-state index is 5.97. The van der Waals surface area contributed by atoms with E-state index in [4.69, 9.17) is 21.1 Å². The monoisotopic (exact) mass is 422 g/mol. The Morgan fingerprint density at radius 1 is 1.17 bits per heavy atom. The molecular formula is C22H35ClN4O2. The molecule has 0 spiro atoms. The van der Waals surface area contributed by atoms with Gasteiger partial charge in [-0.25, -0.2) is 0 Å². The molecule has 1 aromatic carbocycles. The van der Waals surface area contributed by atoms with Crippen molar-refractivity contribution in [1.29, 1.82) is 0 Å². The van der Waals surface area contributed by atoms with E-state index >= 15 is 0 Å². The van der Waals surface area contributed by atoms with Crippen LogP contribution in [0.15, 0.2) is 29.3 Å². The highest BCUT2D eigenvalue weighted by Gasteiger charge is 2.20. The summed E-state index contributed by atoms with van der Waals surface area (Å²) in [5.41, 5.74) is 1.32. The molecule has 2 heterocycles. The molecule has 7 heteroatoms. The second kappa shape index (κ2) is 12.4. The second-order valence-corrected chi connectivity index (χ2v) is 8.29. The normalized spacial score (nSPS) is 20.0. The number of benzene rings is 1. The van der Waals surface area contributed by atoms with Gasteiger partial charge < -0.3 is 20.1 Å². The number of hydrogen-bond donors (Lipinski definition) is 2. The van der Waals surface area contributed by atoms with Gasteiger partial charge in [0.1, 0.15) is 0 Å². The van der Waals surface area contributed by atoms with E-state index in [0.29, 0.717) is 12.1 Å². The Kier molecular flexibility index (Phi) is 9.54. The molecule has 3 rings (SSSR count). The Hall–Kier alpha value is -1.34. The summed E-state index contributed by atoms with van der Waals surface area (Å²) in [5.74, 6) is 0.896. The lowest BCUT2D eigenvalue weighted by Crippen LogP contribution is -2.48. The highest BCUT2D eigenvalue weighted by atomic mass is 35.5. The van der Waals surface area contributed by atoms with Gasteiger partial charge in [0.05, 0.1) is 6.10 Å². The number of guanidine groups is 1. The number of rotatable bonds is 8. The van der Waals surface area contributed by atoms with Gasteiger partial charge in [0, 0.05) is 64.1 Å². The summed E-state index contributed by atoms with van der Waals surface area (Å²) in [7, 11) is 1.84. The fourth-order valence-electron chi connectivity index (χ4n) is 3.84. The Labute approximate surface area is 180 Å². The number of ether oxygens (including phenoxy) is 2. The van der Waals surface area contributed by atoms with Gasteiger partial charge in [0.2, 0.25) is 0 Å². The highest BCUT2D eigenvalue weighted by Crippen LogP contribution is 2.16. The second-order valence-electron chi connectivity index (χ2n) is 7.86. The van der Waals surface area contributed by atoms with E-state index < -0.39 is 0 Å². The third kappa shape index (κ3) is 8.13. The van der Waals surface area contributed by atoms with Crippen molar-refractivity contribution in [3.8, 4) is 0 Å². The molecular weight excluding hydrogens is 388 g/mol. The molecule has 0 saturated carbocycles. The van der Waals surface area contributed by atoms with E-state index in [1.165, 1.54) is 5.56 Å². The van der Waals surface area contributed by atoms with E-state index in [2.05, 4.69) is 32.7 Å². The third-order valence-corrected chi connectivity index (χ3v) is 5.86. The molecule has 0 unspecified atom stereocenters. The average Bonchev–Trinajstić information content (AvgIpc) is 2.76. The van der Waals surface area contributed by atoms with Crippen LogP contribution in [0.25, 0.3) is 0 Å². The fraction of sp³-hybridized carbons (Fsp3) is 0.682. The SMILES string of the molecule is CN=C(NCCCOC1CCOCC1)NC1CCN(Cc2ccc(Cl)cc2)CC1. The zero-order chi connectivity index (χ0) is 20.3. The lowest BCUT2D eigenvalue weighted by atomic mass is 10.0. The summed E-state index contributed by atoms with van der Waals surface area (Å²) in [4.78, 5) is 6.88. The van der Waals surface area contributed by atoms with E-state index in [1.807, 2.05) is 19.2 Å². The molecule has 0 atom stereocenters. The first-order valence-corrected chi connectivity index (χ1v) is 11.2. The summed E-state index contributed by atoms with van der Waals surface area (Å²) < 4.78 is 11.3. The van der Waals surface area contributed by atoms with Crippen LogP contribution >= 0.6 is 11.6 Å². The van der Waals surface area contributed by atoms with Crippen molar-refractivity contribution in [2.45, 2.75) is 50.8 Å². The molecule has 0 aliphatic carbocycles. The molecule has 6 nitrogen and oxygen atoms in total. The van der Waals surface area contributed by atoms with E-state index in [0.717, 1.165) is 89.1 Å². The maximum Gasteiger partial charge on any atom is 0.191 e. The smallest absolute Gasteiger partial charge is 0.191 e. The van der Waals surface area contributed by atoms with E-state index in [1.54, 1.807) is 0 Å². The summed E-state index contributed by atoms with van der Waals surface area (Å²) in [6.45, 7) is 6.50. The molecule has 0 aromatic heterocycles. The zero-order valence-electron chi connectivity index (χ0n) is 17.5. The average molecular weight is 423 g/mol. The van der Waals surface area contributed by atoms with Gasteiger partial charge in [0.15, 0.2) is 5.96 Å². The van der Waals surface area contributed by atoms with Crippen LogP contribution in [0.5, 0.6) is 0 Å². The molecule has 0 bridgehead atoms. The molecule has 2 aliphatic heterocycles. The van der Waals surface area contributed by atoms with Crippen LogP contribution < -0.4 is 10.6 Å². The summed E-state index contributed by atoms with van der Waals surface area (Å²) in [6.07, 6.45) is 5.65.